The first-order valence-electron chi connectivity index (χ1n) is 6.75. The van der Waals surface area contributed by atoms with E-state index in [1.165, 1.54) is 32.1 Å². The summed E-state index contributed by atoms with van der Waals surface area (Å²) in [5.41, 5.74) is 5.48. The molecule has 0 bridgehead atoms. The van der Waals surface area contributed by atoms with Crippen LogP contribution in [0.2, 0.25) is 0 Å². The van der Waals surface area contributed by atoms with E-state index in [0.717, 1.165) is 25.9 Å². The fourth-order valence-corrected chi connectivity index (χ4v) is 2.51. The van der Waals surface area contributed by atoms with Gasteiger partial charge in [-0.3, -0.25) is 4.79 Å². The minimum atomic E-state index is 0.336. The van der Waals surface area contributed by atoms with E-state index < -0.39 is 0 Å². The lowest BCUT2D eigenvalue weighted by molar-refractivity contribution is -0.132. The Balaban J connectivity index is 2.29. The first-order valence-corrected chi connectivity index (χ1v) is 6.75. The Kier molecular flexibility index (Phi) is 6.46. The van der Waals surface area contributed by atoms with Gasteiger partial charge in [-0.2, -0.15) is 0 Å². The molecule has 0 radical (unpaired) electrons. The van der Waals surface area contributed by atoms with Crippen molar-refractivity contribution in [3.05, 3.63) is 0 Å². The third-order valence-corrected chi connectivity index (χ3v) is 3.55. The summed E-state index contributed by atoms with van der Waals surface area (Å²) in [6, 6.07) is 0. The maximum Gasteiger partial charge on any atom is 0.222 e. The van der Waals surface area contributed by atoms with Gasteiger partial charge in [0.15, 0.2) is 0 Å². The van der Waals surface area contributed by atoms with Gasteiger partial charge in [0.25, 0.3) is 0 Å². The van der Waals surface area contributed by atoms with Gasteiger partial charge in [0.05, 0.1) is 0 Å². The average molecular weight is 226 g/mol. The number of carbonyl (C=O) groups excluding carboxylic acids is 1. The molecule has 3 heteroatoms. The largest absolute Gasteiger partial charge is 0.343 e. The second-order valence-electron chi connectivity index (χ2n) is 4.82. The molecule has 1 fully saturated rings. The number of rotatable bonds is 6. The van der Waals surface area contributed by atoms with Crippen molar-refractivity contribution >= 4 is 5.91 Å². The minimum Gasteiger partial charge on any atom is -0.343 e. The lowest BCUT2D eigenvalue weighted by Gasteiger charge is -2.26. The van der Waals surface area contributed by atoms with Crippen molar-refractivity contribution in [1.82, 2.24) is 4.90 Å². The minimum absolute atomic E-state index is 0.336. The van der Waals surface area contributed by atoms with E-state index in [-0.39, 0.29) is 0 Å². The first-order chi connectivity index (χ1) is 7.77. The van der Waals surface area contributed by atoms with Gasteiger partial charge in [-0.1, -0.05) is 19.3 Å². The van der Waals surface area contributed by atoms with Gasteiger partial charge < -0.3 is 10.6 Å². The van der Waals surface area contributed by atoms with Crippen LogP contribution in [0, 0.1) is 5.92 Å². The van der Waals surface area contributed by atoms with Crippen LogP contribution < -0.4 is 5.73 Å². The molecule has 16 heavy (non-hydrogen) atoms. The number of hydrogen-bond donors (Lipinski definition) is 1. The van der Waals surface area contributed by atoms with E-state index in [1.54, 1.807) is 0 Å². The molecule has 0 aromatic heterocycles. The van der Waals surface area contributed by atoms with Crippen molar-refractivity contribution in [1.29, 1.82) is 0 Å². The molecule has 94 valence electrons. The summed E-state index contributed by atoms with van der Waals surface area (Å²) in [4.78, 5) is 14.0. The predicted molar refractivity (Wildman–Crippen MR) is 67.1 cm³/mol. The van der Waals surface area contributed by atoms with Gasteiger partial charge in [-0.05, 0) is 38.6 Å². The first kappa shape index (κ1) is 13.5. The van der Waals surface area contributed by atoms with Gasteiger partial charge >= 0.3 is 0 Å². The van der Waals surface area contributed by atoms with Gasteiger partial charge in [0.1, 0.15) is 0 Å². The quantitative estimate of drug-likeness (QED) is 0.754. The van der Waals surface area contributed by atoms with Crippen LogP contribution in [0.5, 0.6) is 0 Å². The van der Waals surface area contributed by atoms with Crippen molar-refractivity contribution in [2.75, 3.05) is 19.6 Å². The molecule has 1 aliphatic carbocycles. The number of nitrogens with two attached hydrogens (primary N) is 1. The molecule has 0 heterocycles. The van der Waals surface area contributed by atoms with E-state index in [1.807, 2.05) is 4.90 Å². The standard InChI is InChI=1S/C13H26N2O/c1-2-15(10-6-9-14)13(16)11-12-7-4-3-5-8-12/h12H,2-11,14H2,1H3. The van der Waals surface area contributed by atoms with Crippen LogP contribution in [0.4, 0.5) is 0 Å². The Morgan fingerprint density at radius 3 is 2.56 bits per heavy atom. The number of hydrogen-bond acceptors (Lipinski definition) is 2. The van der Waals surface area contributed by atoms with Crippen molar-refractivity contribution in [2.24, 2.45) is 11.7 Å². The van der Waals surface area contributed by atoms with E-state index in [9.17, 15) is 4.79 Å². The molecule has 0 aromatic carbocycles. The summed E-state index contributed by atoms with van der Waals surface area (Å²) in [5.74, 6) is 0.982. The van der Waals surface area contributed by atoms with Crippen LogP contribution in [0.1, 0.15) is 51.9 Å². The summed E-state index contributed by atoms with van der Waals surface area (Å²) in [6.07, 6.45) is 8.16. The maximum atomic E-state index is 12.0. The summed E-state index contributed by atoms with van der Waals surface area (Å²) >= 11 is 0. The van der Waals surface area contributed by atoms with Crippen LogP contribution in [-0.4, -0.2) is 30.4 Å². The van der Waals surface area contributed by atoms with Crippen LogP contribution in [-0.2, 0) is 4.79 Å². The third kappa shape index (κ3) is 4.52. The fourth-order valence-electron chi connectivity index (χ4n) is 2.51. The summed E-state index contributed by atoms with van der Waals surface area (Å²) in [5, 5.41) is 0. The molecule has 1 saturated carbocycles. The van der Waals surface area contributed by atoms with Gasteiger partial charge in [0.2, 0.25) is 5.91 Å². The molecule has 3 nitrogen and oxygen atoms in total. The van der Waals surface area contributed by atoms with Crippen LogP contribution >= 0.6 is 0 Å². The Hall–Kier alpha value is -0.570. The highest BCUT2D eigenvalue weighted by molar-refractivity contribution is 5.76. The zero-order valence-electron chi connectivity index (χ0n) is 10.6. The summed E-state index contributed by atoms with van der Waals surface area (Å²) in [6.45, 7) is 4.38. The molecule has 0 atom stereocenters. The topological polar surface area (TPSA) is 46.3 Å². The highest BCUT2D eigenvalue weighted by atomic mass is 16.2. The molecule has 1 amide bonds. The number of nitrogens with zero attached hydrogens (tertiary/aromatic N) is 1. The van der Waals surface area contributed by atoms with Crippen LogP contribution in [0.15, 0.2) is 0 Å². The SMILES string of the molecule is CCN(CCCN)C(=O)CC1CCCCC1. The molecule has 0 aliphatic heterocycles. The average Bonchev–Trinajstić information content (AvgIpc) is 2.31. The second-order valence-corrected chi connectivity index (χ2v) is 4.82. The second kappa shape index (κ2) is 7.66. The summed E-state index contributed by atoms with van der Waals surface area (Å²) < 4.78 is 0. The zero-order chi connectivity index (χ0) is 11.8. The molecule has 0 aromatic rings. The molecule has 0 spiro atoms. The van der Waals surface area contributed by atoms with Crippen LogP contribution in [0.3, 0.4) is 0 Å². The van der Waals surface area contributed by atoms with Crippen molar-refractivity contribution in [3.8, 4) is 0 Å². The van der Waals surface area contributed by atoms with Crippen molar-refractivity contribution in [2.45, 2.75) is 51.9 Å². The smallest absolute Gasteiger partial charge is 0.222 e. The molecule has 0 unspecified atom stereocenters. The third-order valence-electron chi connectivity index (χ3n) is 3.55. The fraction of sp³-hybridized carbons (Fsp3) is 0.923. The molecule has 2 N–H and O–H groups in total. The number of amides is 1. The lowest BCUT2D eigenvalue weighted by Crippen LogP contribution is -2.34. The molecular weight excluding hydrogens is 200 g/mol. The van der Waals surface area contributed by atoms with Gasteiger partial charge in [0, 0.05) is 19.5 Å². The Bertz CT molecular complexity index is 200. The maximum absolute atomic E-state index is 12.0. The Labute approximate surface area is 99.4 Å². The Morgan fingerprint density at radius 1 is 1.31 bits per heavy atom. The number of carbonyl (C=O) groups is 1. The monoisotopic (exact) mass is 226 g/mol. The molecule has 1 aliphatic rings. The Morgan fingerprint density at radius 2 is 2.00 bits per heavy atom. The van der Waals surface area contributed by atoms with Crippen molar-refractivity contribution < 1.29 is 4.79 Å². The van der Waals surface area contributed by atoms with Crippen molar-refractivity contribution in [3.63, 3.8) is 0 Å². The van der Waals surface area contributed by atoms with E-state index in [0.29, 0.717) is 18.4 Å². The zero-order valence-corrected chi connectivity index (χ0v) is 10.6. The van der Waals surface area contributed by atoms with E-state index >= 15 is 0 Å². The molecular formula is C13H26N2O. The van der Waals surface area contributed by atoms with Gasteiger partial charge in [-0.15, -0.1) is 0 Å². The van der Waals surface area contributed by atoms with E-state index in [2.05, 4.69) is 6.92 Å². The summed E-state index contributed by atoms with van der Waals surface area (Å²) in [7, 11) is 0. The lowest BCUT2D eigenvalue weighted by atomic mass is 9.86. The normalized spacial score (nSPS) is 17.4. The van der Waals surface area contributed by atoms with Gasteiger partial charge in [-0.25, -0.2) is 0 Å². The van der Waals surface area contributed by atoms with Crippen LogP contribution in [0.25, 0.3) is 0 Å². The van der Waals surface area contributed by atoms with E-state index in [4.69, 9.17) is 5.73 Å². The highest BCUT2D eigenvalue weighted by Crippen LogP contribution is 2.26. The predicted octanol–water partition coefficient (Wildman–Crippen LogP) is 2.15. The molecule has 0 saturated heterocycles. The molecule has 1 rings (SSSR count). The highest BCUT2D eigenvalue weighted by Gasteiger charge is 2.19.